The summed E-state index contributed by atoms with van der Waals surface area (Å²) in [6.07, 6.45) is 3.15. The zero-order valence-electron chi connectivity index (χ0n) is 8.76. The van der Waals surface area contributed by atoms with Gasteiger partial charge in [-0.05, 0) is 30.6 Å². The number of aliphatic carboxylic acids is 1. The second kappa shape index (κ2) is 2.01. The molecule has 3 aliphatic rings. The Morgan fingerprint density at radius 2 is 2.21 bits per heavy atom. The van der Waals surface area contributed by atoms with Gasteiger partial charge in [0, 0.05) is 12.0 Å². The van der Waals surface area contributed by atoms with E-state index in [2.05, 4.69) is 19.2 Å². The van der Waals surface area contributed by atoms with Crippen LogP contribution in [0.4, 0.5) is 0 Å². The van der Waals surface area contributed by atoms with E-state index in [-0.39, 0.29) is 10.8 Å². The molecule has 1 saturated heterocycles. The first-order chi connectivity index (χ1) is 6.46. The van der Waals surface area contributed by atoms with Crippen molar-refractivity contribution in [3.63, 3.8) is 0 Å². The second-order valence-electron chi connectivity index (χ2n) is 5.75. The van der Waals surface area contributed by atoms with Gasteiger partial charge in [0.2, 0.25) is 0 Å². The van der Waals surface area contributed by atoms with E-state index in [1.165, 1.54) is 6.42 Å². The molecule has 3 nitrogen and oxygen atoms in total. The van der Waals surface area contributed by atoms with Crippen LogP contribution in [0.15, 0.2) is 0 Å². The fourth-order valence-corrected chi connectivity index (χ4v) is 4.48. The standard InChI is InChI=1S/C11H17NO2/c1-9-6-12-11(8(13)14)5-7(9)3-4-10(9,11)2/h7,12H,3-6H2,1-2H3,(H,13,14)/t7-,9+,10+,11-/m1/s1. The number of carboxylic acid groups (broad SMARTS) is 1. The molecule has 0 aromatic heterocycles. The van der Waals surface area contributed by atoms with Gasteiger partial charge < -0.3 is 10.4 Å². The highest BCUT2D eigenvalue weighted by atomic mass is 16.4. The Morgan fingerprint density at radius 1 is 1.50 bits per heavy atom. The summed E-state index contributed by atoms with van der Waals surface area (Å²) >= 11 is 0. The Kier molecular flexibility index (Phi) is 1.25. The summed E-state index contributed by atoms with van der Waals surface area (Å²) in [5.41, 5.74) is -0.396. The molecular formula is C11H17NO2. The van der Waals surface area contributed by atoms with Crippen molar-refractivity contribution >= 4 is 5.97 Å². The third-order valence-corrected chi connectivity index (χ3v) is 5.77. The maximum Gasteiger partial charge on any atom is 0.324 e. The second-order valence-corrected chi connectivity index (χ2v) is 5.75. The topological polar surface area (TPSA) is 49.3 Å². The van der Waals surface area contributed by atoms with Gasteiger partial charge >= 0.3 is 5.97 Å². The molecular weight excluding hydrogens is 178 g/mol. The van der Waals surface area contributed by atoms with Crippen LogP contribution in [-0.4, -0.2) is 23.2 Å². The predicted molar refractivity (Wildman–Crippen MR) is 51.9 cm³/mol. The zero-order valence-corrected chi connectivity index (χ0v) is 8.76. The van der Waals surface area contributed by atoms with Crippen LogP contribution in [0.2, 0.25) is 0 Å². The third kappa shape index (κ3) is 0.553. The average Bonchev–Trinajstić information content (AvgIpc) is 2.58. The van der Waals surface area contributed by atoms with Gasteiger partial charge in [0.25, 0.3) is 0 Å². The Bertz CT molecular complexity index is 329. The first kappa shape index (κ1) is 8.72. The number of hydrogen-bond donors (Lipinski definition) is 2. The smallest absolute Gasteiger partial charge is 0.324 e. The molecule has 0 amide bonds. The molecule has 78 valence electrons. The van der Waals surface area contributed by atoms with E-state index in [1.807, 2.05) is 0 Å². The minimum Gasteiger partial charge on any atom is -0.480 e. The highest BCUT2D eigenvalue weighted by Gasteiger charge is 2.77. The van der Waals surface area contributed by atoms with Crippen LogP contribution in [0.25, 0.3) is 0 Å². The minimum atomic E-state index is -0.633. The number of carbonyl (C=O) groups is 1. The van der Waals surface area contributed by atoms with Crippen LogP contribution < -0.4 is 5.32 Å². The van der Waals surface area contributed by atoms with Gasteiger partial charge in [0.05, 0.1) is 0 Å². The van der Waals surface area contributed by atoms with E-state index in [0.29, 0.717) is 5.92 Å². The highest BCUT2D eigenvalue weighted by molar-refractivity contribution is 5.82. The highest BCUT2D eigenvalue weighted by Crippen LogP contribution is 2.72. The molecule has 0 aromatic carbocycles. The first-order valence-electron chi connectivity index (χ1n) is 5.45. The fourth-order valence-electron chi connectivity index (χ4n) is 4.48. The Hall–Kier alpha value is -0.570. The number of piperidine rings is 1. The van der Waals surface area contributed by atoms with Gasteiger partial charge in [0.1, 0.15) is 5.54 Å². The normalized spacial score (nSPS) is 59.4. The molecule has 14 heavy (non-hydrogen) atoms. The Balaban J connectivity index is 2.18. The van der Waals surface area contributed by atoms with Crippen molar-refractivity contribution in [2.75, 3.05) is 6.54 Å². The summed E-state index contributed by atoms with van der Waals surface area (Å²) in [5, 5.41) is 12.7. The van der Waals surface area contributed by atoms with Crippen molar-refractivity contribution in [2.45, 2.75) is 38.6 Å². The van der Waals surface area contributed by atoms with Gasteiger partial charge in [-0.25, -0.2) is 0 Å². The molecule has 0 spiro atoms. The van der Waals surface area contributed by atoms with Crippen molar-refractivity contribution < 1.29 is 9.90 Å². The van der Waals surface area contributed by atoms with Crippen molar-refractivity contribution in [3.8, 4) is 0 Å². The summed E-state index contributed by atoms with van der Waals surface area (Å²) in [5.74, 6) is -0.00391. The molecule has 0 radical (unpaired) electrons. The van der Waals surface area contributed by atoms with Crippen LogP contribution in [0.1, 0.15) is 33.1 Å². The summed E-state index contributed by atoms with van der Waals surface area (Å²) in [7, 11) is 0. The molecule has 4 bridgehead atoms. The number of carboxylic acids is 1. The van der Waals surface area contributed by atoms with E-state index in [9.17, 15) is 9.90 Å². The molecule has 3 heteroatoms. The van der Waals surface area contributed by atoms with Crippen LogP contribution in [0.3, 0.4) is 0 Å². The Morgan fingerprint density at radius 3 is 2.64 bits per heavy atom. The molecule has 2 aliphatic carbocycles. The monoisotopic (exact) mass is 195 g/mol. The lowest BCUT2D eigenvalue weighted by Crippen LogP contribution is -2.57. The fraction of sp³-hybridized carbons (Fsp3) is 0.909. The summed E-state index contributed by atoms with van der Waals surface area (Å²) in [6.45, 7) is 5.34. The van der Waals surface area contributed by atoms with Crippen LogP contribution >= 0.6 is 0 Å². The lowest BCUT2D eigenvalue weighted by atomic mass is 9.66. The van der Waals surface area contributed by atoms with Crippen LogP contribution in [0, 0.1) is 16.7 Å². The van der Waals surface area contributed by atoms with Gasteiger partial charge in [-0.2, -0.15) is 0 Å². The van der Waals surface area contributed by atoms with Gasteiger partial charge in [-0.1, -0.05) is 13.8 Å². The largest absolute Gasteiger partial charge is 0.480 e. The maximum atomic E-state index is 11.5. The zero-order chi connectivity index (χ0) is 10.2. The minimum absolute atomic E-state index is 0.0174. The van der Waals surface area contributed by atoms with E-state index < -0.39 is 11.5 Å². The van der Waals surface area contributed by atoms with E-state index in [4.69, 9.17) is 0 Å². The van der Waals surface area contributed by atoms with Gasteiger partial charge in [0.15, 0.2) is 0 Å². The summed E-state index contributed by atoms with van der Waals surface area (Å²) < 4.78 is 0. The average molecular weight is 195 g/mol. The molecule has 0 aromatic rings. The molecule has 2 N–H and O–H groups in total. The molecule has 3 fully saturated rings. The van der Waals surface area contributed by atoms with E-state index in [1.54, 1.807) is 0 Å². The molecule has 0 unspecified atom stereocenters. The molecule has 4 atom stereocenters. The molecule has 1 aliphatic heterocycles. The van der Waals surface area contributed by atoms with Crippen LogP contribution in [0.5, 0.6) is 0 Å². The van der Waals surface area contributed by atoms with Gasteiger partial charge in [-0.15, -0.1) is 0 Å². The molecule has 3 rings (SSSR count). The van der Waals surface area contributed by atoms with Gasteiger partial charge in [-0.3, -0.25) is 4.79 Å². The van der Waals surface area contributed by atoms with Crippen molar-refractivity contribution in [1.82, 2.24) is 5.32 Å². The third-order valence-electron chi connectivity index (χ3n) is 5.77. The van der Waals surface area contributed by atoms with Crippen molar-refractivity contribution in [3.05, 3.63) is 0 Å². The van der Waals surface area contributed by atoms with E-state index in [0.717, 1.165) is 19.4 Å². The van der Waals surface area contributed by atoms with Crippen molar-refractivity contribution in [2.24, 2.45) is 16.7 Å². The van der Waals surface area contributed by atoms with Crippen molar-refractivity contribution in [1.29, 1.82) is 0 Å². The molecule has 1 heterocycles. The first-order valence-corrected chi connectivity index (χ1v) is 5.45. The molecule has 2 saturated carbocycles. The lowest BCUT2D eigenvalue weighted by Gasteiger charge is -2.39. The number of nitrogens with one attached hydrogen (secondary N) is 1. The predicted octanol–water partition coefficient (Wildman–Crippen LogP) is 1.24. The van der Waals surface area contributed by atoms with Crippen LogP contribution in [-0.2, 0) is 4.79 Å². The number of hydrogen-bond acceptors (Lipinski definition) is 2. The quantitative estimate of drug-likeness (QED) is 0.662. The Labute approximate surface area is 83.9 Å². The lowest BCUT2D eigenvalue weighted by molar-refractivity contribution is -0.149. The SMILES string of the molecule is C[C@@]12CC[C@@H]3C[C@]1(C(=O)O)NC[C@@]32C. The summed E-state index contributed by atoms with van der Waals surface area (Å²) in [4.78, 5) is 11.5. The number of rotatable bonds is 1. The van der Waals surface area contributed by atoms with E-state index >= 15 is 0 Å². The summed E-state index contributed by atoms with van der Waals surface area (Å²) in [6, 6.07) is 0. The maximum absolute atomic E-state index is 11.5.